The molecule has 2 aliphatic heterocycles. The van der Waals surface area contributed by atoms with Crippen LogP contribution in [0, 0.1) is 0 Å². The Hall–Kier alpha value is -0.670. The van der Waals surface area contributed by atoms with Gasteiger partial charge in [-0.05, 0) is 30.7 Å². The molecule has 0 aromatic heterocycles. The van der Waals surface area contributed by atoms with Crippen molar-refractivity contribution in [1.29, 1.82) is 0 Å². The first-order valence-electron chi connectivity index (χ1n) is 8.40. The second-order valence-corrected chi connectivity index (χ2v) is 11.5. The van der Waals surface area contributed by atoms with Crippen molar-refractivity contribution in [2.75, 3.05) is 50.0 Å². The molecule has 2 fully saturated rings. The number of hydrogen-bond donors (Lipinski definition) is 0. The molecule has 3 rings (SSSR count). The molecule has 0 spiro atoms. The molecule has 2 heterocycles. The molecule has 0 aliphatic carbocycles. The van der Waals surface area contributed by atoms with Gasteiger partial charge < -0.3 is 0 Å². The molecule has 2 saturated heterocycles. The fourth-order valence-electron chi connectivity index (χ4n) is 3.42. The van der Waals surface area contributed by atoms with Gasteiger partial charge in [0.15, 0.2) is 19.7 Å². The smallest absolute Gasteiger partial charge is 0.179 e. The Morgan fingerprint density at radius 1 is 1.08 bits per heavy atom. The lowest BCUT2D eigenvalue weighted by Gasteiger charge is -2.37. The summed E-state index contributed by atoms with van der Waals surface area (Å²) in [7, 11) is -6.18. The van der Waals surface area contributed by atoms with Crippen molar-refractivity contribution in [2.45, 2.75) is 17.4 Å². The van der Waals surface area contributed by atoms with Gasteiger partial charge >= 0.3 is 0 Å². The van der Waals surface area contributed by atoms with Gasteiger partial charge in [0.05, 0.1) is 22.2 Å². The van der Waals surface area contributed by atoms with Crippen molar-refractivity contribution in [2.24, 2.45) is 0 Å². The zero-order valence-corrected chi connectivity index (χ0v) is 16.4. The van der Waals surface area contributed by atoms with Crippen LogP contribution in [0.5, 0.6) is 0 Å². The van der Waals surface area contributed by atoms with Crippen molar-refractivity contribution in [3.05, 3.63) is 29.3 Å². The van der Waals surface area contributed by atoms with Gasteiger partial charge in [-0.2, -0.15) is 0 Å². The second kappa shape index (κ2) is 7.52. The van der Waals surface area contributed by atoms with E-state index in [1.165, 1.54) is 12.1 Å². The van der Waals surface area contributed by atoms with Gasteiger partial charge in [-0.3, -0.25) is 9.80 Å². The van der Waals surface area contributed by atoms with Crippen LogP contribution in [0.2, 0.25) is 5.02 Å². The summed E-state index contributed by atoms with van der Waals surface area (Å²) in [4.78, 5) is 4.66. The molecule has 2 aliphatic rings. The Kier molecular flexibility index (Phi) is 5.75. The molecule has 1 aromatic rings. The lowest BCUT2D eigenvalue weighted by molar-refractivity contribution is 0.109. The second-order valence-electron chi connectivity index (χ2n) is 6.71. The van der Waals surface area contributed by atoms with Crippen molar-refractivity contribution < 1.29 is 16.8 Å². The van der Waals surface area contributed by atoms with E-state index in [-0.39, 0.29) is 23.3 Å². The molecule has 25 heavy (non-hydrogen) atoms. The van der Waals surface area contributed by atoms with Crippen LogP contribution >= 0.6 is 11.6 Å². The van der Waals surface area contributed by atoms with Crippen LogP contribution in [-0.2, 0) is 19.7 Å². The summed E-state index contributed by atoms with van der Waals surface area (Å²) in [5.41, 5.74) is 0. The molecule has 140 valence electrons. The summed E-state index contributed by atoms with van der Waals surface area (Å²) >= 11 is 5.80. The molecule has 0 N–H and O–H groups in total. The van der Waals surface area contributed by atoms with Gasteiger partial charge in [0, 0.05) is 43.8 Å². The normalized spacial score (nSPS) is 25.2. The van der Waals surface area contributed by atoms with Crippen LogP contribution in [-0.4, -0.2) is 82.7 Å². The van der Waals surface area contributed by atoms with Crippen LogP contribution in [0.3, 0.4) is 0 Å². The summed E-state index contributed by atoms with van der Waals surface area (Å²) in [6, 6.07) is 6.38. The summed E-state index contributed by atoms with van der Waals surface area (Å²) in [6.45, 7) is 3.61. The first kappa shape index (κ1) is 19.1. The highest BCUT2D eigenvalue weighted by molar-refractivity contribution is 7.91. The van der Waals surface area contributed by atoms with Crippen molar-refractivity contribution in [3.63, 3.8) is 0 Å². The third kappa shape index (κ3) is 4.95. The largest absolute Gasteiger partial charge is 0.300 e. The van der Waals surface area contributed by atoms with Crippen LogP contribution < -0.4 is 0 Å². The average Bonchev–Trinajstić information content (AvgIpc) is 2.94. The summed E-state index contributed by atoms with van der Waals surface area (Å²) in [6.07, 6.45) is 0.716. The Morgan fingerprint density at radius 3 is 2.28 bits per heavy atom. The zero-order valence-electron chi connectivity index (χ0n) is 14.0. The maximum Gasteiger partial charge on any atom is 0.179 e. The van der Waals surface area contributed by atoms with Crippen LogP contribution in [0.4, 0.5) is 0 Å². The number of halogens is 1. The quantitative estimate of drug-likeness (QED) is 0.723. The molecule has 6 nitrogen and oxygen atoms in total. The van der Waals surface area contributed by atoms with Crippen molar-refractivity contribution in [1.82, 2.24) is 9.80 Å². The molecular formula is C16H23ClN2O4S2. The molecule has 0 radical (unpaired) electrons. The van der Waals surface area contributed by atoms with Crippen LogP contribution in [0.1, 0.15) is 6.42 Å². The van der Waals surface area contributed by atoms with E-state index in [4.69, 9.17) is 11.6 Å². The van der Waals surface area contributed by atoms with E-state index < -0.39 is 19.7 Å². The number of rotatable bonds is 5. The predicted molar refractivity (Wildman–Crippen MR) is 98.6 cm³/mol. The summed E-state index contributed by atoms with van der Waals surface area (Å²) < 4.78 is 48.0. The molecule has 0 bridgehead atoms. The molecular weight excluding hydrogens is 384 g/mol. The molecule has 0 amide bonds. The SMILES string of the molecule is O=S1(=O)CC[C@H](N2CCN(CCS(=O)(=O)c3ccc(Cl)cc3)CC2)C1. The van der Waals surface area contributed by atoms with Crippen molar-refractivity contribution >= 4 is 31.3 Å². The molecule has 1 atom stereocenters. The highest BCUT2D eigenvalue weighted by Crippen LogP contribution is 2.20. The fraction of sp³-hybridized carbons (Fsp3) is 0.625. The molecule has 0 unspecified atom stereocenters. The van der Waals surface area contributed by atoms with Crippen LogP contribution in [0.15, 0.2) is 29.2 Å². The Labute approximate surface area is 154 Å². The minimum Gasteiger partial charge on any atom is -0.300 e. The number of hydrogen-bond acceptors (Lipinski definition) is 6. The Balaban J connectivity index is 1.48. The number of benzene rings is 1. The third-order valence-electron chi connectivity index (χ3n) is 4.98. The zero-order chi connectivity index (χ0) is 18.1. The first-order valence-corrected chi connectivity index (χ1v) is 12.3. The number of nitrogens with zero attached hydrogens (tertiary/aromatic N) is 2. The van der Waals surface area contributed by atoms with Crippen molar-refractivity contribution in [3.8, 4) is 0 Å². The van der Waals surface area contributed by atoms with Gasteiger partial charge in [-0.25, -0.2) is 16.8 Å². The lowest BCUT2D eigenvalue weighted by Crippen LogP contribution is -2.51. The predicted octanol–water partition coefficient (Wildman–Crippen LogP) is 0.918. The van der Waals surface area contributed by atoms with E-state index in [0.29, 0.717) is 22.9 Å². The minimum atomic E-state index is -3.31. The van der Waals surface area contributed by atoms with E-state index in [2.05, 4.69) is 9.80 Å². The van der Waals surface area contributed by atoms with E-state index in [1.54, 1.807) is 12.1 Å². The molecule has 0 saturated carbocycles. The molecule has 1 aromatic carbocycles. The Bertz CT molecular complexity index is 801. The highest BCUT2D eigenvalue weighted by atomic mass is 35.5. The standard InChI is InChI=1S/C16H23ClN2O4S2/c17-14-1-3-16(4-2-14)25(22,23)12-10-18-6-8-19(9-7-18)15-5-11-24(20,21)13-15/h1-4,15H,5-13H2/t15-/m0/s1. The fourth-order valence-corrected chi connectivity index (χ4v) is 6.60. The lowest BCUT2D eigenvalue weighted by atomic mass is 10.2. The average molecular weight is 407 g/mol. The topological polar surface area (TPSA) is 74.8 Å². The van der Waals surface area contributed by atoms with Gasteiger partial charge in [0.25, 0.3) is 0 Å². The van der Waals surface area contributed by atoms with E-state index in [0.717, 1.165) is 26.2 Å². The summed E-state index contributed by atoms with van der Waals surface area (Å²) in [5, 5.41) is 0.518. The van der Waals surface area contributed by atoms with E-state index in [1.807, 2.05) is 0 Å². The van der Waals surface area contributed by atoms with Gasteiger partial charge in [-0.15, -0.1) is 0 Å². The van der Waals surface area contributed by atoms with Gasteiger partial charge in [0.1, 0.15) is 0 Å². The summed E-state index contributed by atoms with van der Waals surface area (Å²) in [5.74, 6) is 0.627. The van der Waals surface area contributed by atoms with E-state index >= 15 is 0 Å². The maximum absolute atomic E-state index is 12.4. The Morgan fingerprint density at radius 2 is 1.72 bits per heavy atom. The minimum absolute atomic E-state index is 0.0758. The first-order chi connectivity index (χ1) is 11.8. The monoisotopic (exact) mass is 406 g/mol. The third-order valence-corrected chi connectivity index (χ3v) is 8.69. The van der Waals surface area contributed by atoms with Gasteiger partial charge in [0.2, 0.25) is 0 Å². The van der Waals surface area contributed by atoms with Crippen LogP contribution in [0.25, 0.3) is 0 Å². The van der Waals surface area contributed by atoms with Gasteiger partial charge in [-0.1, -0.05) is 11.6 Å². The maximum atomic E-state index is 12.4. The number of sulfone groups is 2. The molecule has 9 heteroatoms. The highest BCUT2D eigenvalue weighted by Gasteiger charge is 2.33. The van der Waals surface area contributed by atoms with E-state index in [9.17, 15) is 16.8 Å². The number of piperazine rings is 1.